The van der Waals surface area contributed by atoms with Crippen LogP contribution in [0.4, 0.5) is 0 Å². The molecule has 3 N–H and O–H groups in total. The third-order valence-corrected chi connectivity index (χ3v) is 3.09. The van der Waals surface area contributed by atoms with Gasteiger partial charge in [-0.2, -0.15) is 0 Å². The number of aromatic amines is 1. The number of rotatable bonds is 6. The Morgan fingerprint density at radius 1 is 1.40 bits per heavy atom. The first kappa shape index (κ1) is 14.3. The SMILES string of the molecule is COC(=O)c1cc(CNC(CO)c2ccccc2)c[nH]1. The highest BCUT2D eigenvalue weighted by atomic mass is 16.5. The molecule has 5 heteroatoms. The van der Waals surface area contributed by atoms with E-state index in [1.807, 2.05) is 30.3 Å². The van der Waals surface area contributed by atoms with Crippen molar-refractivity contribution in [1.29, 1.82) is 0 Å². The van der Waals surface area contributed by atoms with Crippen LogP contribution >= 0.6 is 0 Å². The van der Waals surface area contributed by atoms with Crippen LogP contribution in [0.2, 0.25) is 0 Å². The fourth-order valence-corrected chi connectivity index (χ4v) is 1.98. The van der Waals surface area contributed by atoms with E-state index in [-0.39, 0.29) is 12.6 Å². The number of methoxy groups -OCH3 is 1. The van der Waals surface area contributed by atoms with Gasteiger partial charge in [-0.3, -0.25) is 0 Å². The average molecular weight is 274 g/mol. The lowest BCUT2D eigenvalue weighted by Gasteiger charge is -2.16. The van der Waals surface area contributed by atoms with Gasteiger partial charge in [0.15, 0.2) is 0 Å². The molecule has 0 spiro atoms. The summed E-state index contributed by atoms with van der Waals surface area (Å²) in [7, 11) is 1.35. The molecular weight excluding hydrogens is 256 g/mol. The molecule has 1 aromatic carbocycles. The minimum Gasteiger partial charge on any atom is -0.464 e. The normalized spacial score (nSPS) is 12.1. The van der Waals surface area contributed by atoms with E-state index >= 15 is 0 Å². The first-order valence-electron chi connectivity index (χ1n) is 6.39. The quantitative estimate of drug-likeness (QED) is 0.700. The summed E-state index contributed by atoms with van der Waals surface area (Å²) < 4.78 is 4.64. The summed E-state index contributed by atoms with van der Waals surface area (Å²) >= 11 is 0. The molecule has 20 heavy (non-hydrogen) atoms. The summed E-state index contributed by atoms with van der Waals surface area (Å²) in [6.07, 6.45) is 1.75. The lowest BCUT2D eigenvalue weighted by Crippen LogP contribution is -2.23. The van der Waals surface area contributed by atoms with Gasteiger partial charge in [-0.05, 0) is 17.2 Å². The smallest absolute Gasteiger partial charge is 0.354 e. The molecule has 106 valence electrons. The van der Waals surface area contributed by atoms with E-state index in [1.165, 1.54) is 7.11 Å². The van der Waals surface area contributed by atoms with Crippen LogP contribution < -0.4 is 5.32 Å². The molecule has 1 unspecified atom stereocenters. The average Bonchev–Trinajstić information content (AvgIpc) is 2.97. The summed E-state index contributed by atoms with van der Waals surface area (Å²) in [5, 5.41) is 12.7. The van der Waals surface area contributed by atoms with Gasteiger partial charge in [0.05, 0.1) is 19.8 Å². The molecule has 2 rings (SSSR count). The second-order valence-electron chi connectivity index (χ2n) is 4.44. The molecule has 0 aliphatic heterocycles. The number of nitrogens with one attached hydrogen (secondary N) is 2. The van der Waals surface area contributed by atoms with Gasteiger partial charge in [-0.15, -0.1) is 0 Å². The van der Waals surface area contributed by atoms with Gasteiger partial charge in [0.25, 0.3) is 0 Å². The number of carbonyl (C=O) groups is 1. The molecule has 0 amide bonds. The maximum Gasteiger partial charge on any atom is 0.354 e. The number of hydrogen-bond acceptors (Lipinski definition) is 4. The number of esters is 1. The molecule has 0 fully saturated rings. The van der Waals surface area contributed by atoms with Crippen LogP contribution in [0.5, 0.6) is 0 Å². The molecule has 2 aromatic rings. The lowest BCUT2D eigenvalue weighted by molar-refractivity contribution is 0.0595. The molecular formula is C15H18N2O3. The van der Waals surface area contributed by atoms with Gasteiger partial charge in [0, 0.05) is 12.7 Å². The summed E-state index contributed by atoms with van der Waals surface area (Å²) in [6, 6.07) is 11.3. The second-order valence-corrected chi connectivity index (χ2v) is 4.44. The zero-order chi connectivity index (χ0) is 14.4. The van der Waals surface area contributed by atoms with E-state index in [9.17, 15) is 9.90 Å². The Kier molecular flexibility index (Phi) is 4.92. The maximum atomic E-state index is 11.3. The molecule has 0 bridgehead atoms. The number of ether oxygens (including phenoxy) is 1. The molecule has 0 radical (unpaired) electrons. The van der Waals surface area contributed by atoms with Crippen LogP contribution in [-0.2, 0) is 11.3 Å². The molecule has 0 aliphatic carbocycles. The molecule has 1 heterocycles. The van der Waals surface area contributed by atoms with Crippen molar-refractivity contribution in [1.82, 2.24) is 10.3 Å². The zero-order valence-corrected chi connectivity index (χ0v) is 11.3. The number of aliphatic hydroxyl groups excluding tert-OH is 1. The van der Waals surface area contributed by atoms with Crippen LogP contribution in [0.3, 0.4) is 0 Å². The van der Waals surface area contributed by atoms with Crippen LogP contribution in [-0.4, -0.2) is 29.8 Å². The van der Waals surface area contributed by atoms with Crippen molar-refractivity contribution in [3.05, 3.63) is 59.4 Å². The Bertz CT molecular complexity index is 551. The summed E-state index contributed by atoms with van der Waals surface area (Å²) in [6.45, 7) is 0.561. The molecule has 5 nitrogen and oxygen atoms in total. The van der Waals surface area contributed by atoms with Crippen molar-refractivity contribution in [2.24, 2.45) is 0 Å². The van der Waals surface area contributed by atoms with Gasteiger partial charge < -0.3 is 20.1 Å². The third-order valence-electron chi connectivity index (χ3n) is 3.09. The topological polar surface area (TPSA) is 74.3 Å². The standard InChI is InChI=1S/C15H18N2O3/c1-20-15(19)13-7-11(8-16-13)9-17-14(10-18)12-5-3-2-4-6-12/h2-8,14,16-18H,9-10H2,1H3. The van der Waals surface area contributed by atoms with Crippen molar-refractivity contribution in [2.75, 3.05) is 13.7 Å². The predicted octanol–water partition coefficient (Wildman–Crippen LogP) is 1.62. The van der Waals surface area contributed by atoms with Gasteiger partial charge in [0.1, 0.15) is 5.69 Å². The van der Waals surface area contributed by atoms with E-state index < -0.39 is 5.97 Å². The van der Waals surface area contributed by atoms with E-state index in [0.29, 0.717) is 12.2 Å². The number of benzene rings is 1. The van der Waals surface area contributed by atoms with Gasteiger partial charge in [-0.25, -0.2) is 4.79 Å². The number of hydrogen-bond donors (Lipinski definition) is 3. The van der Waals surface area contributed by atoms with Crippen LogP contribution in [0.25, 0.3) is 0 Å². The van der Waals surface area contributed by atoms with Crippen LogP contribution in [0.1, 0.15) is 27.7 Å². The first-order valence-corrected chi connectivity index (χ1v) is 6.39. The Hall–Kier alpha value is -2.11. The first-order chi connectivity index (χ1) is 9.74. The minimum absolute atomic E-state index is 0.0122. The number of H-pyrrole nitrogens is 1. The molecule has 0 saturated heterocycles. The zero-order valence-electron chi connectivity index (χ0n) is 11.3. The van der Waals surface area contributed by atoms with E-state index in [1.54, 1.807) is 12.3 Å². The molecule has 0 saturated carbocycles. The fraction of sp³-hybridized carbons (Fsp3) is 0.267. The van der Waals surface area contributed by atoms with E-state index in [4.69, 9.17) is 0 Å². The fourth-order valence-electron chi connectivity index (χ4n) is 1.98. The monoisotopic (exact) mass is 274 g/mol. The van der Waals surface area contributed by atoms with Crippen molar-refractivity contribution in [2.45, 2.75) is 12.6 Å². The lowest BCUT2D eigenvalue weighted by atomic mass is 10.1. The van der Waals surface area contributed by atoms with Crippen molar-refractivity contribution in [3.8, 4) is 0 Å². The van der Waals surface area contributed by atoms with Crippen molar-refractivity contribution < 1.29 is 14.6 Å². The highest BCUT2D eigenvalue weighted by Gasteiger charge is 2.11. The van der Waals surface area contributed by atoms with E-state index in [0.717, 1.165) is 11.1 Å². The predicted molar refractivity (Wildman–Crippen MR) is 75.2 cm³/mol. The minimum atomic E-state index is -0.391. The number of aromatic nitrogens is 1. The molecule has 0 aliphatic rings. The summed E-state index contributed by atoms with van der Waals surface area (Å²) in [4.78, 5) is 14.2. The Morgan fingerprint density at radius 3 is 2.80 bits per heavy atom. The van der Waals surface area contributed by atoms with Gasteiger partial charge >= 0.3 is 5.97 Å². The van der Waals surface area contributed by atoms with Crippen molar-refractivity contribution in [3.63, 3.8) is 0 Å². The Morgan fingerprint density at radius 2 is 2.15 bits per heavy atom. The second kappa shape index (κ2) is 6.88. The summed E-state index contributed by atoms with van der Waals surface area (Å²) in [5.41, 5.74) is 2.38. The highest BCUT2D eigenvalue weighted by molar-refractivity contribution is 5.87. The molecule has 1 atom stereocenters. The van der Waals surface area contributed by atoms with Gasteiger partial charge in [-0.1, -0.05) is 30.3 Å². The highest BCUT2D eigenvalue weighted by Crippen LogP contribution is 2.13. The number of carbonyl (C=O) groups excluding carboxylic acids is 1. The Balaban J connectivity index is 1.97. The number of aliphatic hydroxyl groups is 1. The Labute approximate surface area is 117 Å². The van der Waals surface area contributed by atoms with Gasteiger partial charge in [0.2, 0.25) is 0 Å². The van der Waals surface area contributed by atoms with Crippen molar-refractivity contribution >= 4 is 5.97 Å². The van der Waals surface area contributed by atoms with Crippen LogP contribution in [0, 0.1) is 0 Å². The van der Waals surface area contributed by atoms with E-state index in [2.05, 4.69) is 15.0 Å². The maximum absolute atomic E-state index is 11.3. The molecule has 1 aromatic heterocycles. The largest absolute Gasteiger partial charge is 0.464 e. The third kappa shape index (κ3) is 3.46. The van der Waals surface area contributed by atoms with Crippen LogP contribution in [0.15, 0.2) is 42.6 Å². The summed E-state index contributed by atoms with van der Waals surface area (Å²) in [5.74, 6) is -0.391.